The van der Waals surface area contributed by atoms with Crippen molar-refractivity contribution in [1.82, 2.24) is 19.7 Å². The van der Waals surface area contributed by atoms with Gasteiger partial charge in [0, 0.05) is 5.56 Å². The van der Waals surface area contributed by atoms with Gasteiger partial charge in [0.1, 0.15) is 23.9 Å². The Morgan fingerprint density at radius 3 is 2.60 bits per heavy atom. The lowest BCUT2D eigenvalue weighted by molar-refractivity contribution is 0.413. The first-order valence-corrected chi connectivity index (χ1v) is 8.47. The molecule has 0 atom stereocenters. The van der Waals surface area contributed by atoms with Gasteiger partial charge in [0.05, 0.1) is 17.3 Å². The highest BCUT2D eigenvalue weighted by Crippen LogP contribution is 2.35. The molecule has 2 aromatic heterocycles. The zero-order valence-corrected chi connectivity index (χ0v) is 15.5. The number of halogens is 1. The third kappa shape index (κ3) is 2.60. The molecule has 0 aliphatic carbocycles. The highest BCUT2D eigenvalue weighted by molar-refractivity contribution is 9.10. The molecule has 0 fully saturated rings. The second-order valence-electron chi connectivity index (χ2n) is 5.76. The quantitative estimate of drug-likeness (QED) is 0.509. The minimum absolute atomic E-state index is 0.553. The number of nitrogens with zero attached hydrogens (tertiary/aromatic N) is 4. The van der Waals surface area contributed by atoms with E-state index in [4.69, 9.17) is 9.15 Å². The SMILES string of the molecule is COc1ccc(-c2nc3cc(C)c(C)c(Br)c3o2)cc1-n1cnnc1. The topological polar surface area (TPSA) is 66.0 Å². The molecule has 0 aliphatic heterocycles. The molecule has 6 nitrogen and oxygen atoms in total. The van der Waals surface area contributed by atoms with E-state index in [1.165, 1.54) is 5.56 Å². The smallest absolute Gasteiger partial charge is 0.227 e. The van der Waals surface area contributed by atoms with Crippen molar-refractivity contribution in [2.45, 2.75) is 13.8 Å². The number of methoxy groups -OCH3 is 1. The number of aryl methyl sites for hydroxylation is 1. The zero-order valence-electron chi connectivity index (χ0n) is 13.9. The summed E-state index contributed by atoms with van der Waals surface area (Å²) in [6.45, 7) is 4.12. The van der Waals surface area contributed by atoms with Crippen LogP contribution in [0.3, 0.4) is 0 Å². The van der Waals surface area contributed by atoms with Crippen LogP contribution in [0.15, 0.2) is 45.8 Å². The lowest BCUT2D eigenvalue weighted by Crippen LogP contribution is -1.96. The molecule has 2 aromatic carbocycles. The van der Waals surface area contributed by atoms with Crippen molar-refractivity contribution in [3.05, 3.63) is 52.5 Å². The molecule has 0 bridgehead atoms. The summed E-state index contributed by atoms with van der Waals surface area (Å²) >= 11 is 3.61. The predicted octanol–water partition coefficient (Wildman–Crippen LogP) is 4.46. The highest BCUT2D eigenvalue weighted by Gasteiger charge is 2.16. The molecular weight excluding hydrogens is 384 g/mol. The number of fused-ring (bicyclic) bond motifs is 1. The Labute approximate surface area is 152 Å². The maximum atomic E-state index is 6.03. The van der Waals surface area contributed by atoms with Crippen LogP contribution >= 0.6 is 15.9 Å². The zero-order chi connectivity index (χ0) is 17.6. The van der Waals surface area contributed by atoms with Crippen molar-refractivity contribution in [1.29, 1.82) is 0 Å². The first kappa shape index (κ1) is 15.8. The minimum Gasteiger partial charge on any atom is -0.495 e. The van der Waals surface area contributed by atoms with Gasteiger partial charge in [-0.3, -0.25) is 4.57 Å². The summed E-state index contributed by atoms with van der Waals surface area (Å²) in [5.74, 6) is 1.27. The van der Waals surface area contributed by atoms with E-state index >= 15 is 0 Å². The van der Waals surface area contributed by atoms with E-state index < -0.39 is 0 Å². The van der Waals surface area contributed by atoms with Gasteiger partial charge in [0.25, 0.3) is 0 Å². The average Bonchev–Trinajstić information content (AvgIpc) is 3.29. The second-order valence-corrected chi connectivity index (χ2v) is 6.55. The Kier molecular flexibility index (Phi) is 3.80. The molecule has 126 valence electrons. The van der Waals surface area contributed by atoms with Gasteiger partial charge in [0.2, 0.25) is 5.89 Å². The lowest BCUT2D eigenvalue weighted by Gasteiger charge is -2.09. The van der Waals surface area contributed by atoms with Crippen molar-refractivity contribution >= 4 is 27.0 Å². The van der Waals surface area contributed by atoms with Crippen molar-refractivity contribution in [3.63, 3.8) is 0 Å². The molecule has 25 heavy (non-hydrogen) atoms. The number of aromatic nitrogens is 4. The Bertz CT molecular complexity index is 1070. The van der Waals surface area contributed by atoms with Crippen molar-refractivity contribution < 1.29 is 9.15 Å². The fraction of sp³-hybridized carbons (Fsp3) is 0.167. The summed E-state index contributed by atoms with van der Waals surface area (Å²) in [6, 6.07) is 7.78. The van der Waals surface area contributed by atoms with Crippen LogP contribution < -0.4 is 4.74 Å². The number of hydrogen-bond donors (Lipinski definition) is 0. The molecule has 4 rings (SSSR count). The summed E-state index contributed by atoms with van der Waals surface area (Å²) in [6.07, 6.45) is 3.24. The van der Waals surface area contributed by atoms with Gasteiger partial charge in [-0.25, -0.2) is 4.98 Å². The van der Waals surface area contributed by atoms with E-state index in [1.54, 1.807) is 24.3 Å². The van der Waals surface area contributed by atoms with Crippen molar-refractivity contribution in [2.24, 2.45) is 0 Å². The lowest BCUT2D eigenvalue weighted by atomic mass is 10.1. The Morgan fingerprint density at radius 2 is 1.88 bits per heavy atom. The summed E-state index contributed by atoms with van der Waals surface area (Å²) in [7, 11) is 1.63. The molecular formula is C18H15BrN4O2. The fourth-order valence-corrected chi connectivity index (χ4v) is 3.31. The van der Waals surface area contributed by atoms with Crippen LogP contribution in [0.5, 0.6) is 5.75 Å². The van der Waals surface area contributed by atoms with E-state index in [-0.39, 0.29) is 0 Å². The average molecular weight is 399 g/mol. The Balaban J connectivity index is 1.89. The van der Waals surface area contributed by atoms with Crippen LogP contribution in [-0.4, -0.2) is 26.9 Å². The van der Waals surface area contributed by atoms with E-state index in [2.05, 4.69) is 45.0 Å². The minimum atomic E-state index is 0.553. The molecule has 2 heterocycles. The maximum Gasteiger partial charge on any atom is 0.227 e. The number of ether oxygens (including phenoxy) is 1. The number of oxazole rings is 1. The van der Waals surface area contributed by atoms with Crippen LogP contribution in [0.1, 0.15) is 11.1 Å². The molecule has 0 aliphatic rings. The molecule has 0 radical (unpaired) electrons. The van der Waals surface area contributed by atoms with Gasteiger partial charge in [0.15, 0.2) is 5.58 Å². The summed E-state index contributed by atoms with van der Waals surface area (Å²) in [4.78, 5) is 4.65. The molecule has 4 aromatic rings. The van der Waals surface area contributed by atoms with Crippen molar-refractivity contribution in [2.75, 3.05) is 7.11 Å². The summed E-state index contributed by atoms with van der Waals surface area (Å²) in [5.41, 5.74) is 5.56. The second kappa shape index (κ2) is 6.00. The third-order valence-corrected chi connectivity index (χ3v) is 5.20. The highest BCUT2D eigenvalue weighted by atomic mass is 79.9. The molecule has 0 spiro atoms. The molecule has 0 amide bonds. The summed E-state index contributed by atoms with van der Waals surface area (Å²) in [5, 5.41) is 7.71. The predicted molar refractivity (Wildman–Crippen MR) is 98.1 cm³/mol. The first-order chi connectivity index (χ1) is 12.1. The van der Waals surface area contributed by atoms with Crippen LogP contribution in [0, 0.1) is 13.8 Å². The van der Waals surface area contributed by atoms with Crippen molar-refractivity contribution in [3.8, 4) is 22.9 Å². The van der Waals surface area contributed by atoms with E-state index in [0.29, 0.717) is 11.6 Å². The molecule has 0 saturated carbocycles. The summed E-state index contributed by atoms with van der Waals surface area (Å²) < 4.78 is 14.2. The number of rotatable bonds is 3. The molecule has 0 unspecified atom stereocenters. The van der Waals surface area contributed by atoms with Crippen LogP contribution in [-0.2, 0) is 0 Å². The molecule has 0 N–H and O–H groups in total. The molecule has 7 heteroatoms. The third-order valence-electron chi connectivity index (χ3n) is 4.25. The van der Waals surface area contributed by atoms with Gasteiger partial charge < -0.3 is 9.15 Å². The first-order valence-electron chi connectivity index (χ1n) is 7.68. The van der Waals surface area contributed by atoms with Gasteiger partial charge in [-0.05, 0) is 65.2 Å². The van der Waals surface area contributed by atoms with Gasteiger partial charge in [-0.1, -0.05) is 0 Å². The fourth-order valence-electron chi connectivity index (χ4n) is 2.72. The van der Waals surface area contributed by atoms with Crippen LogP contribution in [0.25, 0.3) is 28.2 Å². The van der Waals surface area contributed by atoms with E-state index in [0.717, 1.165) is 32.4 Å². The van der Waals surface area contributed by atoms with Gasteiger partial charge in [-0.15, -0.1) is 10.2 Å². The maximum absolute atomic E-state index is 6.03. The Hall–Kier alpha value is -2.67. The van der Waals surface area contributed by atoms with Gasteiger partial charge >= 0.3 is 0 Å². The molecule has 0 saturated heterocycles. The van der Waals surface area contributed by atoms with Gasteiger partial charge in [-0.2, -0.15) is 0 Å². The van der Waals surface area contributed by atoms with Crippen LogP contribution in [0.4, 0.5) is 0 Å². The van der Waals surface area contributed by atoms with Crippen LogP contribution in [0.2, 0.25) is 0 Å². The van der Waals surface area contributed by atoms with E-state index in [1.807, 2.05) is 24.3 Å². The standard InChI is InChI=1S/C18H15BrN4O2/c1-10-6-13-17(16(19)11(10)2)25-18(22-13)12-4-5-15(24-3)14(7-12)23-8-20-21-9-23/h4-9H,1-3H3. The normalized spacial score (nSPS) is 11.2. The monoisotopic (exact) mass is 398 g/mol. The largest absolute Gasteiger partial charge is 0.495 e. The Morgan fingerprint density at radius 1 is 1.12 bits per heavy atom. The number of benzene rings is 2. The van der Waals surface area contributed by atoms with E-state index in [9.17, 15) is 0 Å². The number of hydrogen-bond acceptors (Lipinski definition) is 5.